The van der Waals surface area contributed by atoms with Crippen LogP contribution in [0.3, 0.4) is 0 Å². The molecule has 0 radical (unpaired) electrons. The van der Waals surface area contributed by atoms with Crippen LogP contribution in [0.2, 0.25) is 0 Å². The molecule has 0 aromatic heterocycles. The predicted octanol–water partition coefficient (Wildman–Crippen LogP) is 3.86. The summed E-state index contributed by atoms with van der Waals surface area (Å²) >= 11 is 1.24. The third-order valence-corrected chi connectivity index (χ3v) is 3.18. The number of carboxylic acids is 1. The molecule has 0 saturated heterocycles. The Hall–Kier alpha value is -1.37. The van der Waals surface area contributed by atoms with E-state index in [0.717, 1.165) is 0 Å². The van der Waals surface area contributed by atoms with Gasteiger partial charge in [-0.25, -0.2) is 4.79 Å². The molecule has 0 saturated carbocycles. The van der Waals surface area contributed by atoms with E-state index in [2.05, 4.69) is 5.32 Å². The molecule has 0 aliphatic heterocycles. The van der Waals surface area contributed by atoms with E-state index < -0.39 is 24.6 Å². The lowest BCUT2D eigenvalue weighted by Gasteiger charge is -2.19. The molecule has 1 unspecified atom stereocenters. The number of hydrogen-bond acceptors (Lipinski definition) is 3. The second-order valence-corrected chi connectivity index (χ2v) is 4.90. The molecule has 0 fully saturated rings. The predicted molar refractivity (Wildman–Crippen MR) is 68.9 cm³/mol. The van der Waals surface area contributed by atoms with E-state index in [-0.39, 0.29) is 11.3 Å². The summed E-state index contributed by atoms with van der Waals surface area (Å²) in [6.07, 6.45) is -3.59. The number of benzene rings is 1. The molecule has 0 aliphatic carbocycles. The van der Waals surface area contributed by atoms with Crippen LogP contribution in [-0.4, -0.2) is 29.5 Å². The van der Waals surface area contributed by atoms with Crippen molar-refractivity contribution < 1.29 is 23.1 Å². The first kappa shape index (κ1) is 15.7. The van der Waals surface area contributed by atoms with Crippen LogP contribution in [0, 0.1) is 0 Å². The molecule has 0 bridgehead atoms. The zero-order valence-electron chi connectivity index (χ0n) is 10.4. The number of halogens is 3. The van der Waals surface area contributed by atoms with Gasteiger partial charge in [0.05, 0.1) is 17.7 Å². The van der Waals surface area contributed by atoms with Crippen molar-refractivity contribution in [2.45, 2.75) is 30.5 Å². The summed E-state index contributed by atoms with van der Waals surface area (Å²) in [7, 11) is 0. The van der Waals surface area contributed by atoms with Crippen molar-refractivity contribution in [1.29, 1.82) is 0 Å². The Labute approximate surface area is 113 Å². The summed E-state index contributed by atoms with van der Waals surface area (Å²) in [6.45, 7) is 1.37. The average Bonchev–Trinajstić information content (AvgIpc) is 2.25. The molecule has 0 aliphatic rings. The Bertz CT molecular complexity index is 463. The van der Waals surface area contributed by atoms with Gasteiger partial charge in [0.2, 0.25) is 0 Å². The van der Waals surface area contributed by atoms with Crippen LogP contribution in [-0.2, 0) is 0 Å². The lowest BCUT2D eigenvalue weighted by molar-refractivity contribution is -0.136. The topological polar surface area (TPSA) is 49.3 Å². The number of anilines is 1. The molecular formula is C12H14F3NO2S. The van der Waals surface area contributed by atoms with Crippen molar-refractivity contribution in [1.82, 2.24) is 0 Å². The first-order chi connectivity index (χ1) is 8.74. The van der Waals surface area contributed by atoms with Gasteiger partial charge < -0.3 is 10.4 Å². The summed E-state index contributed by atoms with van der Waals surface area (Å²) < 4.78 is 36.8. The Balaban J connectivity index is 2.98. The number of nitrogens with one attached hydrogen (secondary N) is 1. The molecule has 1 aromatic rings. The third-order valence-electron chi connectivity index (χ3n) is 2.40. The van der Waals surface area contributed by atoms with Gasteiger partial charge in [0.1, 0.15) is 0 Å². The van der Waals surface area contributed by atoms with Crippen LogP contribution in [0.15, 0.2) is 23.1 Å². The molecule has 0 spiro atoms. The van der Waals surface area contributed by atoms with E-state index in [1.807, 2.05) is 0 Å². The maximum atomic E-state index is 12.3. The smallest absolute Gasteiger partial charge is 0.391 e. The Morgan fingerprint density at radius 2 is 2.11 bits per heavy atom. The Kier molecular flexibility index (Phi) is 5.11. The van der Waals surface area contributed by atoms with Gasteiger partial charge in [-0.2, -0.15) is 13.2 Å². The minimum atomic E-state index is -4.28. The molecule has 1 aromatic carbocycles. The molecule has 19 heavy (non-hydrogen) atoms. The molecule has 2 N–H and O–H groups in total. The second kappa shape index (κ2) is 6.18. The number of carbonyl (C=O) groups is 1. The molecule has 106 valence electrons. The highest BCUT2D eigenvalue weighted by atomic mass is 32.2. The normalized spacial score (nSPS) is 13.1. The number of carboxylic acid groups (broad SMARTS) is 1. The fourth-order valence-corrected chi connectivity index (χ4v) is 2.32. The first-order valence-corrected chi connectivity index (χ1v) is 6.70. The van der Waals surface area contributed by atoms with Crippen molar-refractivity contribution in [3.63, 3.8) is 0 Å². The van der Waals surface area contributed by atoms with E-state index in [0.29, 0.717) is 4.90 Å². The lowest BCUT2D eigenvalue weighted by atomic mass is 10.1. The number of hydrogen-bond donors (Lipinski definition) is 2. The van der Waals surface area contributed by atoms with E-state index in [1.165, 1.54) is 24.8 Å². The fraction of sp³-hybridized carbons (Fsp3) is 0.417. The molecule has 1 rings (SSSR count). The van der Waals surface area contributed by atoms with Gasteiger partial charge in [0, 0.05) is 10.9 Å². The third kappa shape index (κ3) is 4.66. The fourth-order valence-electron chi connectivity index (χ4n) is 1.71. The van der Waals surface area contributed by atoms with Crippen LogP contribution in [0.5, 0.6) is 0 Å². The summed E-state index contributed by atoms with van der Waals surface area (Å²) in [5.41, 5.74) is 0.208. The highest BCUT2D eigenvalue weighted by molar-refractivity contribution is 7.98. The number of rotatable bonds is 5. The Morgan fingerprint density at radius 3 is 2.58 bits per heavy atom. The van der Waals surface area contributed by atoms with E-state index in [1.54, 1.807) is 18.4 Å². The second-order valence-electron chi connectivity index (χ2n) is 4.05. The monoisotopic (exact) mass is 293 g/mol. The van der Waals surface area contributed by atoms with Gasteiger partial charge in [-0.15, -0.1) is 11.8 Å². The van der Waals surface area contributed by atoms with E-state index >= 15 is 0 Å². The van der Waals surface area contributed by atoms with Crippen LogP contribution in [0.4, 0.5) is 18.9 Å². The van der Waals surface area contributed by atoms with Crippen molar-refractivity contribution in [2.24, 2.45) is 0 Å². The molecular weight excluding hydrogens is 279 g/mol. The average molecular weight is 293 g/mol. The highest BCUT2D eigenvalue weighted by Crippen LogP contribution is 2.29. The quantitative estimate of drug-likeness (QED) is 0.809. The zero-order chi connectivity index (χ0) is 14.6. The molecule has 7 heteroatoms. The SMILES string of the molecule is CSc1cccc(NC(C)CC(F)(F)F)c1C(=O)O. The van der Waals surface area contributed by atoms with E-state index in [4.69, 9.17) is 5.11 Å². The lowest BCUT2D eigenvalue weighted by Crippen LogP contribution is -2.24. The standard InChI is InChI=1S/C12H14F3NO2S/c1-7(6-12(13,14)15)16-8-4-3-5-9(19-2)10(8)11(17)18/h3-5,7,16H,6H2,1-2H3,(H,17,18). The van der Waals surface area contributed by atoms with Gasteiger partial charge >= 0.3 is 12.1 Å². The molecule has 1 atom stereocenters. The van der Waals surface area contributed by atoms with Gasteiger partial charge in [-0.05, 0) is 25.3 Å². The Morgan fingerprint density at radius 1 is 1.47 bits per heavy atom. The zero-order valence-corrected chi connectivity index (χ0v) is 11.2. The van der Waals surface area contributed by atoms with Gasteiger partial charge in [0.15, 0.2) is 0 Å². The van der Waals surface area contributed by atoms with Gasteiger partial charge in [-0.3, -0.25) is 0 Å². The number of aromatic carboxylic acids is 1. The van der Waals surface area contributed by atoms with E-state index in [9.17, 15) is 18.0 Å². The summed E-state index contributed by atoms with van der Waals surface area (Å²) in [4.78, 5) is 11.7. The number of thioether (sulfide) groups is 1. The van der Waals surface area contributed by atoms with Crippen molar-refractivity contribution in [3.8, 4) is 0 Å². The molecule has 0 amide bonds. The van der Waals surface area contributed by atoms with Crippen LogP contribution >= 0.6 is 11.8 Å². The van der Waals surface area contributed by atoms with Crippen LogP contribution in [0.1, 0.15) is 23.7 Å². The van der Waals surface area contributed by atoms with Crippen molar-refractivity contribution in [2.75, 3.05) is 11.6 Å². The summed E-state index contributed by atoms with van der Waals surface area (Å²) in [5.74, 6) is -1.16. The highest BCUT2D eigenvalue weighted by Gasteiger charge is 2.30. The first-order valence-electron chi connectivity index (χ1n) is 5.48. The summed E-state index contributed by atoms with van der Waals surface area (Å²) in [6, 6.07) is 3.81. The maximum absolute atomic E-state index is 12.3. The summed E-state index contributed by atoms with van der Waals surface area (Å²) in [5, 5.41) is 11.8. The van der Waals surface area contributed by atoms with Crippen LogP contribution in [0.25, 0.3) is 0 Å². The molecule has 0 heterocycles. The minimum absolute atomic E-state index is 0.00373. The molecule has 3 nitrogen and oxygen atoms in total. The number of alkyl halides is 3. The van der Waals surface area contributed by atoms with Crippen molar-refractivity contribution in [3.05, 3.63) is 23.8 Å². The minimum Gasteiger partial charge on any atom is -0.478 e. The van der Waals surface area contributed by atoms with Crippen molar-refractivity contribution >= 4 is 23.4 Å². The largest absolute Gasteiger partial charge is 0.478 e. The van der Waals surface area contributed by atoms with Gasteiger partial charge in [0.25, 0.3) is 0 Å². The maximum Gasteiger partial charge on any atom is 0.391 e. The van der Waals surface area contributed by atoms with Gasteiger partial charge in [-0.1, -0.05) is 6.07 Å². The van der Waals surface area contributed by atoms with Crippen LogP contribution < -0.4 is 5.32 Å².